The zero-order chi connectivity index (χ0) is 13.0. The van der Waals surface area contributed by atoms with Gasteiger partial charge in [-0.05, 0) is 36.0 Å². The zero-order valence-electron chi connectivity index (χ0n) is 11.3. The summed E-state index contributed by atoms with van der Waals surface area (Å²) in [6.07, 6.45) is 3.48. The molecule has 1 rings (SSSR count). The molecule has 17 heavy (non-hydrogen) atoms. The maximum atomic E-state index is 14.4. The van der Waals surface area contributed by atoms with Gasteiger partial charge in [0, 0.05) is 5.56 Å². The van der Waals surface area contributed by atoms with Crippen LogP contribution in [0.4, 0.5) is 4.39 Å². The summed E-state index contributed by atoms with van der Waals surface area (Å²) in [6, 6.07) is 1.76. The zero-order valence-corrected chi connectivity index (χ0v) is 11.3. The highest BCUT2D eigenvalue weighted by molar-refractivity contribution is 5.45. The third-order valence-electron chi connectivity index (χ3n) is 3.07. The number of halogens is 1. The van der Waals surface area contributed by atoms with Gasteiger partial charge in [0.2, 0.25) is 0 Å². The summed E-state index contributed by atoms with van der Waals surface area (Å²) in [4.78, 5) is 0. The van der Waals surface area contributed by atoms with Crippen molar-refractivity contribution in [3.05, 3.63) is 28.6 Å². The van der Waals surface area contributed by atoms with Crippen molar-refractivity contribution >= 4 is 0 Å². The molecule has 1 aromatic rings. The van der Waals surface area contributed by atoms with Crippen LogP contribution >= 0.6 is 0 Å². The third kappa shape index (κ3) is 2.99. The predicted octanol–water partition coefficient (Wildman–Crippen LogP) is 4.56. The van der Waals surface area contributed by atoms with Gasteiger partial charge in [-0.15, -0.1) is 0 Å². The van der Waals surface area contributed by atoms with Gasteiger partial charge >= 0.3 is 0 Å². The highest BCUT2D eigenvalue weighted by atomic mass is 19.1. The van der Waals surface area contributed by atoms with Crippen LogP contribution in [0, 0.1) is 5.82 Å². The molecule has 0 saturated heterocycles. The highest BCUT2D eigenvalue weighted by Crippen LogP contribution is 2.33. The normalized spacial score (nSPS) is 11.2. The SMILES string of the molecule is CCCc1cc(O)c(C(C)C)c(F)c1CCC. The van der Waals surface area contributed by atoms with Gasteiger partial charge in [-0.3, -0.25) is 0 Å². The lowest BCUT2D eigenvalue weighted by atomic mass is 9.91. The van der Waals surface area contributed by atoms with E-state index in [0.717, 1.165) is 36.8 Å². The Morgan fingerprint density at radius 3 is 2.24 bits per heavy atom. The van der Waals surface area contributed by atoms with Crippen molar-refractivity contribution in [1.29, 1.82) is 0 Å². The second kappa shape index (κ2) is 6.04. The van der Waals surface area contributed by atoms with Gasteiger partial charge < -0.3 is 5.11 Å². The van der Waals surface area contributed by atoms with Crippen molar-refractivity contribution in [2.45, 2.75) is 59.3 Å². The molecule has 0 radical (unpaired) electrons. The average molecular weight is 238 g/mol. The molecule has 0 aliphatic carbocycles. The first-order chi connectivity index (χ1) is 8.02. The minimum absolute atomic E-state index is 0.0151. The van der Waals surface area contributed by atoms with E-state index in [-0.39, 0.29) is 17.5 Å². The molecule has 0 aliphatic rings. The largest absolute Gasteiger partial charge is 0.508 e. The van der Waals surface area contributed by atoms with Crippen LogP contribution in [0.3, 0.4) is 0 Å². The van der Waals surface area contributed by atoms with Gasteiger partial charge in [0.1, 0.15) is 11.6 Å². The van der Waals surface area contributed by atoms with Crippen molar-refractivity contribution in [2.24, 2.45) is 0 Å². The lowest BCUT2D eigenvalue weighted by molar-refractivity contribution is 0.450. The van der Waals surface area contributed by atoms with Crippen molar-refractivity contribution in [1.82, 2.24) is 0 Å². The Kier molecular flexibility index (Phi) is 4.98. The number of phenolic OH excluding ortho intramolecular Hbond substituents is 1. The first-order valence-corrected chi connectivity index (χ1v) is 6.55. The molecular formula is C15H23FO. The van der Waals surface area contributed by atoms with Gasteiger partial charge in [-0.25, -0.2) is 4.39 Å². The van der Waals surface area contributed by atoms with E-state index < -0.39 is 0 Å². The lowest BCUT2D eigenvalue weighted by Gasteiger charge is -2.17. The Bertz CT molecular complexity index is 383. The van der Waals surface area contributed by atoms with Crippen molar-refractivity contribution in [3.63, 3.8) is 0 Å². The molecule has 96 valence electrons. The molecule has 1 nitrogen and oxygen atoms in total. The average Bonchev–Trinajstić information content (AvgIpc) is 2.23. The van der Waals surface area contributed by atoms with Gasteiger partial charge in [-0.1, -0.05) is 40.5 Å². The maximum absolute atomic E-state index is 14.4. The Morgan fingerprint density at radius 2 is 1.76 bits per heavy atom. The molecule has 0 unspecified atom stereocenters. The molecule has 1 aromatic carbocycles. The number of benzene rings is 1. The highest BCUT2D eigenvalue weighted by Gasteiger charge is 2.19. The standard InChI is InChI=1S/C15H23FO/c1-5-7-11-9-13(17)14(10(3)4)15(16)12(11)8-6-2/h9-10,17H,5-8H2,1-4H3. The summed E-state index contributed by atoms with van der Waals surface area (Å²) >= 11 is 0. The van der Waals surface area contributed by atoms with E-state index in [0.29, 0.717) is 5.56 Å². The van der Waals surface area contributed by atoms with Gasteiger partial charge in [0.25, 0.3) is 0 Å². The second-order valence-corrected chi connectivity index (χ2v) is 4.92. The summed E-state index contributed by atoms with van der Waals surface area (Å²) in [7, 11) is 0. The maximum Gasteiger partial charge on any atom is 0.133 e. The van der Waals surface area contributed by atoms with Crippen molar-refractivity contribution in [2.75, 3.05) is 0 Å². The number of hydrogen-bond acceptors (Lipinski definition) is 1. The first-order valence-electron chi connectivity index (χ1n) is 6.55. The van der Waals surface area contributed by atoms with E-state index >= 15 is 0 Å². The van der Waals surface area contributed by atoms with Gasteiger partial charge in [0.15, 0.2) is 0 Å². The first kappa shape index (κ1) is 14.0. The molecule has 0 bridgehead atoms. The molecule has 0 heterocycles. The summed E-state index contributed by atoms with van der Waals surface area (Å²) in [5.41, 5.74) is 2.23. The van der Waals surface area contributed by atoms with E-state index in [2.05, 4.69) is 13.8 Å². The summed E-state index contributed by atoms with van der Waals surface area (Å²) in [6.45, 7) is 7.94. The Hall–Kier alpha value is -1.05. The number of hydrogen-bond donors (Lipinski definition) is 1. The van der Waals surface area contributed by atoms with E-state index in [4.69, 9.17) is 0 Å². The summed E-state index contributed by atoms with van der Waals surface area (Å²) in [5.74, 6) is -0.0626. The molecule has 0 aromatic heterocycles. The van der Waals surface area contributed by atoms with Crippen molar-refractivity contribution in [3.8, 4) is 5.75 Å². The van der Waals surface area contributed by atoms with Crippen LogP contribution < -0.4 is 0 Å². The Labute approximate surface area is 104 Å². The molecule has 0 fully saturated rings. The van der Waals surface area contributed by atoms with Crippen LogP contribution in [0.25, 0.3) is 0 Å². The predicted molar refractivity (Wildman–Crippen MR) is 70.1 cm³/mol. The molecule has 2 heteroatoms. The van der Waals surface area contributed by atoms with Crippen LogP contribution in [0.1, 0.15) is 63.1 Å². The van der Waals surface area contributed by atoms with E-state index in [1.165, 1.54) is 0 Å². The quantitative estimate of drug-likeness (QED) is 0.797. The number of aryl methyl sites for hydroxylation is 1. The third-order valence-corrected chi connectivity index (χ3v) is 3.07. The van der Waals surface area contributed by atoms with Crippen LogP contribution in [0.15, 0.2) is 6.07 Å². The molecule has 0 saturated carbocycles. The van der Waals surface area contributed by atoms with Crippen LogP contribution in [0.2, 0.25) is 0 Å². The van der Waals surface area contributed by atoms with Crippen LogP contribution in [-0.4, -0.2) is 5.11 Å². The van der Waals surface area contributed by atoms with Gasteiger partial charge in [-0.2, -0.15) is 0 Å². The Morgan fingerprint density at radius 1 is 1.18 bits per heavy atom. The smallest absolute Gasteiger partial charge is 0.133 e. The molecule has 0 aliphatic heterocycles. The fourth-order valence-corrected chi connectivity index (χ4v) is 2.31. The monoisotopic (exact) mass is 238 g/mol. The van der Waals surface area contributed by atoms with E-state index in [1.54, 1.807) is 6.07 Å². The van der Waals surface area contributed by atoms with Gasteiger partial charge in [0.05, 0.1) is 0 Å². The number of aromatic hydroxyl groups is 1. The number of phenols is 1. The molecule has 0 amide bonds. The molecule has 0 spiro atoms. The lowest BCUT2D eigenvalue weighted by Crippen LogP contribution is -2.04. The summed E-state index contributed by atoms with van der Waals surface area (Å²) in [5, 5.41) is 9.92. The Balaban J connectivity index is 3.35. The van der Waals surface area contributed by atoms with Crippen LogP contribution in [0.5, 0.6) is 5.75 Å². The van der Waals surface area contributed by atoms with Crippen molar-refractivity contribution < 1.29 is 9.50 Å². The topological polar surface area (TPSA) is 20.2 Å². The van der Waals surface area contributed by atoms with Crippen LogP contribution in [-0.2, 0) is 12.8 Å². The fourth-order valence-electron chi connectivity index (χ4n) is 2.31. The molecular weight excluding hydrogens is 215 g/mol. The van der Waals surface area contributed by atoms with E-state index in [9.17, 15) is 9.50 Å². The second-order valence-electron chi connectivity index (χ2n) is 4.92. The minimum Gasteiger partial charge on any atom is -0.508 e. The molecule has 0 atom stereocenters. The number of rotatable bonds is 5. The molecule has 1 N–H and O–H groups in total. The van der Waals surface area contributed by atoms with E-state index in [1.807, 2.05) is 13.8 Å². The summed E-state index contributed by atoms with van der Waals surface area (Å²) < 4.78 is 14.4. The minimum atomic E-state index is -0.190. The fraction of sp³-hybridized carbons (Fsp3) is 0.600.